The second-order valence-corrected chi connectivity index (χ2v) is 6.74. The Balaban J connectivity index is 2.09. The number of rotatable bonds is 6. The molecule has 0 saturated carbocycles. The predicted molar refractivity (Wildman–Crippen MR) is 95.5 cm³/mol. The Bertz CT molecular complexity index is 682. The zero-order valence-corrected chi connectivity index (χ0v) is 15.4. The van der Waals surface area contributed by atoms with Gasteiger partial charge in [-0.05, 0) is 37.8 Å². The number of amides is 1. The molecule has 0 bridgehead atoms. The number of alkyl halides is 3. The molecule has 0 spiro atoms. The van der Waals surface area contributed by atoms with E-state index in [9.17, 15) is 28.1 Å². The number of carbonyl (C=O) groups is 1. The molecule has 0 unspecified atom stereocenters. The molecular weight excluding hydrogens is 363 g/mol. The number of nitro groups is 1. The highest BCUT2D eigenvalue weighted by atomic mass is 19.4. The highest BCUT2D eigenvalue weighted by Crippen LogP contribution is 2.37. The third-order valence-electron chi connectivity index (χ3n) is 5.04. The van der Waals surface area contributed by atoms with Crippen molar-refractivity contribution in [3.63, 3.8) is 0 Å². The van der Waals surface area contributed by atoms with Crippen LogP contribution in [0.15, 0.2) is 18.2 Å². The highest BCUT2D eigenvalue weighted by Gasteiger charge is 2.35. The van der Waals surface area contributed by atoms with Crippen LogP contribution in [0.2, 0.25) is 0 Å². The molecule has 1 heterocycles. The van der Waals surface area contributed by atoms with Crippen molar-refractivity contribution >= 4 is 17.3 Å². The van der Waals surface area contributed by atoms with Gasteiger partial charge in [0, 0.05) is 31.1 Å². The van der Waals surface area contributed by atoms with E-state index in [1.807, 2.05) is 13.8 Å². The summed E-state index contributed by atoms with van der Waals surface area (Å²) in [6.07, 6.45) is -1.94. The van der Waals surface area contributed by atoms with E-state index < -0.39 is 22.4 Å². The zero-order valence-electron chi connectivity index (χ0n) is 15.4. The molecule has 6 nitrogen and oxygen atoms in total. The maximum atomic E-state index is 12.8. The molecule has 1 aromatic rings. The zero-order chi connectivity index (χ0) is 20.2. The fraction of sp³-hybridized carbons (Fsp3) is 0.611. The van der Waals surface area contributed by atoms with Crippen LogP contribution >= 0.6 is 0 Å². The molecular formula is C18H24F3N3O3. The van der Waals surface area contributed by atoms with Crippen LogP contribution in [0.1, 0.15) is 45.1 Å². The predicted octanol–water partition coefficient (Wildman–Crippen LogP) is 4.13. The lowest BCUT2D eigenvalue weighted by Crippen LogP contribution is -2.43. The average molecular weight is 387 g/mol. The van der Waals surface area contributed by atoms with Gasteiger partial charge in [-0.1, -0.05) is 13.8 Å². The number of anilines is 1. The van der Waals surface area contributed by atoms with Crippen LogP contribution in [0.5, 0.6) is 0 Å². The maximum absolute atomic E-state index is 12.8. The first-order valence-electron chi connectivity index (χ1n) is 9.08. The van der Waals surface area contributed by atoms with Gasteiger partial charge in [-0.2, -0.15) is 13.2 Å². The van der Waals surface area contributed by atoms with Crippen LogP contribution in [-0.4, -0.2) is 30.0 Å². The Morgan fingerprint density at radius 1 is 1.30 bits per heavy atom. The number of nitrogens with one attached hydrogen (secondary N) is 1. The Morgan fingerprint density at radius 3 is 2.37 bits per heavy atom. The summed E-state index contributed by atoms with van der Waals surface area (Å²) >= 11 is 0. The van der Waals surface area contributed by atoms with Gasteiger partial charge in [0.15, 0.2) is 0 Å². The van der Waals surface area contributed by atoms with E-state index in [-0.39, 0.29) is 23.6 Å². The molecule has 9 heteroatoms. The standard InChI is InChI=1S/C18H24F3N3O3/c1-3-14(4-2)22-17(25)12-7-9-23(10-8-12)15-6-5-13(18(19,20)21)11-16(15)24(26)27/h5-6,11-12,14H,3-4,7-10H2,1-2H3,(H,22,25). The van der Waals surface area contributed by atoms with Gasteiger partial charge in [-0.25, -0.2) is 0 Å². The van der Waals surface area contributed by atoms with Crippen molar-refractivity contribution < 1.29 is 22.9 Å². The highest BCUT2D eigenvalue weighted by molar-refractivity contribution is 5.79. The summed E-state index contributed by atoms with van der Waals surface area (Å²) in [6, 6.07) is 2.70. The summed E-state index contributed by atoms with van der Waals surface area (Å²) in [5.41, 5.74) is -1.45. The van der Waals surface area contributed by atoms with E-state index in [4.69, 9.17) is 0 Å². The normalized spacial score (nSPS) is 15.9. The summed E-state index contributed by atoms with van der Waals surface area (Å²) in [7, 11) is 0. The molecule has 0 radical (unpaired) electrons. The minimum absolute atomic E-state index is 0.0229. The van der Waals surface area contributed by atoms with Crippen LogP contribution in [0, 0.1) is 16.0 Å². The summed E-state index contributed by atoms with van der Waals surface area (Å²) in [4.78, 5) is 24.5. The van der Waals surface area contributed by atoms with Crippen LogP contribution in [0.3, 0.4) is 0 Å². The first kappa shape index (κ1) is 21.0. The summed E-state index contributed by atoms with van der Waals surface area (Å²) < 4.78 is 38.5. The Morgan fingerprint density at radius 2 is 1.89 bits per heavy atom. The van der Waals surface area contributed by atoms with Crippen molar-refractivity contribution in [1.82, 2.24) is 5.32 Å². The number of nitro benzene ring substituents is 1. The van der Waals surface area contributed by atoms with Gasteiger partial charge in [-0.15, -0.1) is 0 Å². The van der Waals surface area contributed by atoms with Crippen molar-refractivity contribution in [3.05, 3.63) is 33.9 Å². The van der Waals surface area contributed by atoms with E-state index in [1.165, 1.54) is 0 Å². The minimum atomic E-state index is -4.64. The molecule has 1 aromatic carbocycles. The van der Waals surface area contributed by atoms with E-state index >= 15 is 0 Å². The summed E-state index contributed by atoms with van der Waals surface area (Å²) in [5.74, 6) is -0.208. The maximum Gasteiger partial charge on any atom is 0.416 e. The average Bonchev–Trinajstić information content (AvgIpc) is 2.64. The van der Waals surface area contributed by atoms with Gasteiger partial charge in [0.05, 0.1) is 10.5 Å². The van der Waals surface area contributed by atoms with Crippen LogP contribution in [0.25, 0.3) is 0 Å². The molecule has 1 aliphatic rings. The molecule has 2 rings (SSSR count). The molecule has 1 fully saturated rings. The summed E-state index contributed by atoms with van der Waals surface area (Å²) in [6.45, 7) is 4.77. The molecule has 1 N–H and O–H groups in total. The number of nitrogens with zero attached hydrogens (tertiary/aromatic N) is 2. The molecule has 0 aliphatic carbocycles. The second-order valence-electron chi connectivity index (χ2n) is 6.74. The fourth-order valence-corrected chi connectivity index (χ4v) is 3.31. The smallest absolute Gasteiger partial charge is 0.366 e. The van der Waals surface area contributed by atoms with Gasteiger partial charge in [0.2, 0.25) is 5.91 Å². The molecule has 0 aromatic heterocycles. The Hall–Kier alpha value is -2.32. The van der Waals surface area contributed by atoms with Gasteiger partial charge in [0.1, 0.15) is 5.69 Å². The number of piperidine rings is 1. The van der Waals surface area contributed by atoms with Crippen molar-refractivity contribution in [2.75, 3.05) is 18.0 Å². The lowest BCUT2D eigenvalue weighted by Gasteiger charge is -2.33. The first-order chi connectivity index (χ1) is 12.7. The Labute approximate surface area is 155 Å². The molecule has 0 atom stereocenters. The number of carbonyl (C=O) groups excluding carboxylic acids is 1. The molecule has 150 valence electrons. The molecule has 1 aliphatic heterocycles. The molecule has 1 amide bonds. The lowest BCUT2D eigenvalue weighted by molar-refractivity contribution is -0.384. The van der Waals surface area contributed by atoms with Crippen molar-refractivity contribution in [2.45, 2.75) is 51.7 Å². The first-order valence-corrected chi connectivity index (χ1v) is 9.08. The number of benzene rings is 1. The topological polar surface area (TPSA) is 75.5 Å². The number of halogens is 3. The Kier molecular flexibility index (Phi) is 6.67. The van der Waals surface area contributed by atoms with E-state index in [2.05, 4.69) is 5.32 Å². The number of hydrogen-bond acceptors (Lipinski definition) is 4. The SMILES string of the molecule is CCC(CC)NC(=O)C1CCN(c2ccc(C(F)(F)F)cc2[N+](=O)[O-])CC1. The van der Waals surface area contributed by atoms with E-state index in [0.717, 1.165) is 25.0 Å². The van der Waals surface area contributed by atoms with E-state index in [1.54, 1.807) is 4.90 Å². The largest absolute Gasteiger partial charge is 0.416 e. The summed E-state index contributed by atoms with van der Waals surface area (Å²) in [5, 5.41) is 14.3. The van der Waals surface area contributed by atoms with Gasteiger partial charge >= 0.3 is 6.18 Å². The van der Waals surface area contributed by atoms with Crippen molar-refractivity contribution in [2.24, 2.45) is 5.92 Å². The van der Waals surface area contributed by atoms with Crippen molar-refractivity contribution in [1.29, 1.82) is 0 Å². The monoisotopic (exact) mass is 387 g/mol. The minimum Gasteiger partial charge on any atom is -0.366 e. The van der Waals surface area contributed by atoms with Crippen LogP contribution < -0.4 is 10.2 Å². The van der Waals surface area contributed by atoms with Gasteiger partial charge < -0.3 is 10.2 Å². The van der Waals surface area contributed by atoms with Crippen LogP contribution in [-0.2, 0) is 11.0 Å². The second kappa shape index (κ2) is 8.58. The third kappa shape index (κ3) is 5.11. The van der Waals surface area contributed by atoms with Gasteiger partial charge in [-0.3, -0.25) is 14.9 Å². The van der Waals surface area contributed by atoms with Crippen molar-refractivity contribution in [3.8, 4) is 0 Å². The van der Waals surface area contributed by atoms with E-state index in [0.29, 0.717) is 32.0 Å². The quantitative estimate of drug-likeness (QED) is 0.588. The van der Waals surface area contributed by atoms with Crippen LogP contribution in [0.4, 0.5) is 24.5 Å². The fourth-order valence-electron chi connectivity index (χ4n) is 3.31. The number of hydrogen-bond donors (Lipinski definition) is 1. The lowest BCUT2D eigenvalue weighted by atomic mass is 9.94. The third-order valence-corrected chi connectivity index (χ3v) is 5.04. The molecule has 1 saturated heterocycles. The van der Waals surface area contributed by atoms with Gasteiger partial charge in [0.25, 0.3) is 5.69 Å². The molecule has 27 heavy (non-hydrogen) atoms.